The summed E-state index contributed by atoms with van der Waals surface area (Å²) in [5.74, 6) is 0.220. The van der Waals surface area contributed by atoms with Crippen LogP contribution < -0.4 is 5.32 Å². The van der Waals surface area contributed by atoms with Crippen LogP contribution in [-0.4, -0.2) is 63.6 Å². The third-order valence-electron chi connectivity index (χ3n) is 5.52. The summed E-state index contributed by atoms with van der Waals surface area (Å²) in [4.78, 5) is 19.9. The maximum absolute atomic E-state index is 13.0. The fourth-order valence-electron chi connectivity index (χ4n) is 3.70. The molecule has 0 spiro atoms. The minimum Gasteiger partial charge on any atom is -0.379 e. The average molecular weight is 396 g/mol. The van der Waals surface area contributed by atoms with Crippen LogP contribution in [0.3, 0.4) is 0 Å². The second-order valence-electron chi connectivity index (χ2n) is 7.72. The SMILES string of the molecule is Cc1noc2nc(C3CC3)cc(C(=O)Nc3cnn(CCN4CCOCC4)c3)c12. The van der Waals surface area contributed by atoms with Crippen LogP contribution in [0.15, 0.2) is 23.0 Å². The summed E-state index contributed by atoms with van der Waals surface area (Å²) in [5.41, 5.74) is 3.22. The number of anilines is 1. The minimum absolute atomic E-state index is 0.196. The number of morpholine rings is 1. The van der Waals surface area contributed by atoms with Crippen molar-refractivity contribution in [2.75, 3.05) is 38.2 Å². The van der Waals surface area contributed by atoms with Gasteiger partial charge < -0.3 is 14.6 Å². The van der Waals surface area contributed by atoms with E-state index in [1.807, 2.05) is 23.9 Å². The van der Waals surface area contributed by atoms with E-state index in [9.17, 15) is 4.79 Å². The van der Waals surface area contributed by atoms with E-state index in [0.29, 0.717) is 34.0 Å². The van der Waals surface area contributed by atoms with Crippen LogP contribution in [0.2, 0.25) is 0 Å². The largest absolute Gasteiger partial charge is 0.379 e. The van der Waals surface area contributed by atoms with Gasteiger partial charge in [0, 0.05) is 37.4 Å². The van der Waals surface area contributed by atoms with Gasteiger partial charge in [-0.3, -0.25) is 14.4 Å². The first-order valence-corrected chi connectivity index (χ1v) is 10.1. The molecule has 29 heavy (non-hydrogen) atoms. The Kier molecular flexibility index (Phi) is 4.76. The lowest BCUT2D eigenvalue weighted by molar-refractivity contribution is 0.0360. The van der Waals surface area contributed by atoms with Gasteiger partial charge in [0.25, 0.3) is 11.6 Å². The molecule has 0 aromatic carbocycles. The summed E-state index contributed by atoms with van der Waals surface area (Å²) in [6.45, 7) is 6.97. The predicted molar refractivity (Wildman–Crippen MR) is 106 cm³/mol. The molecular formula is C20H24N6O3. The lowest BCUT2D eigenvalue weighted by Crippen LogP contribution is -2.38. The number of rotatable bonds is 6. The molecule has 1 amide bonds. The monoisotopic (exact) mass is 396 g/mol. The van der Waals surface area contributed by atoms with Crippen molar-refractivity contribution >= 4 is 22.7 Å². The van der Waals surface area contributed by atoms with E-state index in [0.717, 1.165) is 57.9 Å². The van der Waals surface area contributed by atoms with Crippen LogP contribution in [-0.2, 0) is 11.3 Å². The fraction of sp³-hybridized carbons (Fsp3) is 0.500. The highest BCUT2D eigenvalue weighted by molar-refractivity contribution is 6.12. The Morgan fingerprint density at radius 1 is 1.28 bits per heavy atom. The fourth-order valence-corrected chi connectivity index (χ4v) is 3.70. The molecule has 3 aromatic heterocycles. The van der Waals surface area contributed by atoms with E-state index in [1.54, 1.807) is 6.20 Å². The number of aromatic nitrogens is 4. The number of hydrogen-bond acceptors (Lipinski definition) is 7. The van der Waals surface area contributed by atoms with Gasteiger partial charge in [-0.2, -0.15) is 5.10 Å². The molecule has 2 aliphatic rings. The summed E-state index contributed by atoms with van der Waals surface area (Å²) < 4.78 is 12.6. The highest BCUT2D eigenvalue weighted by Crippen LogP contribution is 2.40. The van der Waals surface area contributed by atoms with Gasteiger partial charge in [-0.15, -0.1) is 0 Å². The molecule has 0 bridgehead atoms. The van der Waals surface area contributed by atoms with Crippen molar-refractivity contribution in [2.45, 2.75) is 32.2 Å². The number of aryl methyl sites for hydroxylation is 1. The van der Waals surface area contributed by atoms with Crippen LogP contribution in [0.5, 0.6) is 0 Å². The Labute approximate surface area is 168 Å². The number of nitrogens with one attached hydrogen (secondary N) is 1. The number of pyridine rings is 1. The van der Waals surface area contributed by atoms with Crippen molar-refractivity contribution in [1.82, 2.24) is 24.8 Å². The summed E-state index contributed by atoms with van der Waals surface area (Å²) in [6, 6.07) is 1.88. The third kappa shape index (κ3) is 3.88. The Hall–Kier alpha value is -2.78. The molecule has 3 aromatic rings. The van der Waals surface area contributed by atoms with Crippen molar-refractivity contribution in [3.05, 3.63) is 35.4 Å². The van der Waals surface area contributed by atoms with Gasteiger partial charge in [-0.1, -0.05) is 5.16 Å². The van der Waals surface area contributed by atoms with Crippen molar-refractivity contribution in [2.24, 2.45) is 0 Å². The normalized spacial score (nSPS) is 17.7. The van der Waals surface area contributed by atoms with Crippen LogP contribution in [0.25, 0.3) is 11.1 Å². The van der Waals surface area contributed by atoms with Crippen molar-refractivity contribution in [3.8, 4) is 0 Å². The molecule has 2 fully saturated rings. The molecular weight excluding hydrogens is 372 g/mol. The van der Waals surface area contributed by atoms with Crippen LogP contribution in [0, 0.1) is 6.92 Å². The molecule has 5 rings (SSSR count). The molecule has 1 aliphatic carbocycles. The number of hydrogen-bond donors (Lipinski definition) is 1. The Morgan fingerprint density at radius 2 is 2.10 bits per heavy atom. The summed E-state index contributed by atoms with van der Waals surface area (Å²) in [5, 5.41) is 12.0. The van der Waals surface area contributed by atoms with Crippen molar-refractivity contribution < 1.29 is 14.1 Å². The van der Waals surface area contributed by atoms with Gasteiger partial charge in [-0.25, -0.2) is 4.98 Å². The van der Waals surface area contributed by atoms with Crippen LogP contribution >= 0.6 is 0 Å². The van der Waals surface area contributed by atoms with Crippen molar-refractivity contribution in [1.29, 1.82) is 0 Å². The number of fused-ring (bicyclic) bond motifs is 1. The molecule has 1 saturated carbocycles. The zero-order valence-corrected chi connectivity index (χ0v) is 16.4. The first-order chi connectivity index (χ1) is 14.2. The molecule has 152 valence electrons. The second kappa shape index (κ2) is 7.57. The van der Waals surface area contributed by atoms with Gasteiger partial charge >= 0.3 is 0 Å². The third-order valence-corrected chi connectivity index (χ3v) is 5.52. The van der Waals surface area contributed by atoms with Crippen molar-refractivity contribution in [3.63, 3.8) is 0 Å². The molecule has 1 saturated heterocycles. The lowest BCUT2D eigenvalue weighted by atomic mass is 10.1. The summed E-state index contributed by atoms with van der Waals surface area (Å²) in [7, 11) is 0. The zero-order chi connectivity index (χ0) is 19.8. The molecule has 1 N–H and O–H groups in total. The van der Waals surface area contributed by atoms with E-state index < -0.39 is 0 Å². The highest BCUT2D eigenvalue weighted by Gasteiger charge is 2.28. The maximum Gasteiger partial charge on any atom is 0.259 e. The quantitative estimate of drug-likeness (QED) is 0.682. The van der Waals surface area contributed by atoms with E-state index in [4.69, 9.17) is 9.26 Å². The molecule has 0 atom stereocenters. The maximum atomic E-state index is 13.0. The number of carbonyl (C=O) groups excluding carboxylic acids is 1. The van der Waals surface area contributed by atoms with Crippen LogP contribution in [0.4, 0.5) is 5.69 Å². The number of carbonyl (C=O) groups is 1. The lowest BCUT2D eigenvalue weighted by Gasteiger charge is -2.26. The number of ether oxygens (including phenoxy) is 1. The molecule has 1 aliphatic heterocycles. The standard InChI is InChI=1S/C20H24N6O3/c1-13-18-16(10-17(14-2-3-14)23-20(18)29-24-13)19(27)22-15-11-21-26(12-15)5-4-25-6-8-28-9-7-25/h10-12,14H,2-9H2,1H3,(H,22,27). The smallest absolute Gasteiger partial charge is 0.259 e. The summed E-state index contributed by atoms with van der Waals surface area (Å²) >= 11 is 0. The Balaban J connectivity index is 1.30. The predicted octanol–water partition coefficient (Wildman–Crippen LogP) is 2.19. The first kappa shape index (κ1) is 18.3. The Morgan fingerprint density at radius 3 is 2.90 bits per heavy atom. The first-order valence-electron chi connectivity index (χ1n) is 10.1. The Bertz CT molecular complexity index is 1030. The van der Waals surface area contributed by atoms with E-state index in [1.165, 1.54) is 0 Å². The van der Waals surface area contributed by atoms with Crippen LogP contribution in [0.1, 0.15) is 40.5 Å². The minimum atomic E-state index is -0.196. The van der Waals surface area contributed by atoms with Gasteiger partial charge in [0.1, 0.15) is 0 Å². The van der Waals surface area contributed by atoms with Gasteiger partial charge in [0.2, 0.25) is 0 Å². The highest BCUT2D eigenvalue weighted by atomic mass is 16.5. The zero-order valence-electron chi connectivity index (χ0n) is 16.4. The molecule has 0 radical (unpaired) electrons. The van der Waals surface area contributed by atoms with E-state index >= 15 is 0 Å². The topological polar surface area (TPSA) is 98.3 Å². The molecule has 9 nitrogen and oxygen atoms in total. The molecule has 0 unspecified atom stereocenters. The van der Waals surface area contributed by atoms with E-state index in [2.05, 4.69) is 25.5 Å². The van der Waals surface area contributed by atoms with Gasteiger partial charge in [-0.05, 0) is 25.8 Å². The van der Waals surface area contributed by atoms with E-state index in [-0.39, 0.29) is 5.91 Å². The molecule has 4 heterocycles. The van der Waals surface area contributed by atoms with Gasteiger partial charge in [0.15, 0.2) is 0 Å². The average Bonchev–Trinajstić information content (AvgIpc) is 3.40. The number of nitrogens with zero attached hydrogens (tertiary/aromatic N) is 5. The second-order valence-corrected chi connectivity index (χ2v) is 7.72. The summed E-state index contributed by atoms with van der Waals surface area (Å²) in [6.07, 6.45) is 5.74. The number of amides is 1. The molecule has 9 heteroatoms. The van der Waals surface area contributed by atoms with Gasteiger partial charge in [0.05, 0.1) is 48.3 Å².